The zero-order valence-corrected chi connectivity index (χ0v) is 14.3. The molecule has 10 heteroatoms. The Labute approximate surface area is 148 Å². The van der Waals surface area contributed by atoms with Gasteiger partial charge in [-0.2, -0.15) is 10.1 Å². The number of H-pyrrole nitrogens is 1. The molecule has 0 aliphatic heterocycles. The van der Waals surface area contributed by atoms with E-state index in [0.717, 1.165) is 0 Å². The number of anilines is 1. The quantitative estimate of drug-likeness (QED) is 0.701. The number of carbonyl (C=O) groups excluding carboxylic acids is 1. The number of aromatic nitrogens is 4. The molecule has 25 heavy (non-hydrogen) atoms. The Morgan fingerprint density at radius 3 is 2.80 bits per heavy atom. The monoisotopic (exact) mass is 377 g/mol. The SMILES string of the molecule is O=C(CS(=O)(=O)c1nc(-c2cccnc2)n[nH]1)Nc1cccc(Cl)c1. The number of carbonyl (C=O) groups is 1. The number of halogens is 1. The molecular weight excluding hydrogens is 366 g/mol. The molecule has 0 aliphatic rings. The molecule has 0 aliphatic carbocycles. The van der Waals surface area contributed by atoms with Crippen molar-refractivity contribution in [1.82, 2.24) is 20.2 Å². The molecule has 3 aromatic rings. The van der Waals surface area contributed by atoms with E-state index in [9.17, 15) is 13.2 Å². The van der Waals surface area contributed by atoms with E-state index in [4.69, 9.17) is 11.6 Å². The second kappa shape index (κ2) is 6.99. The van der Waals surface area contributed by atoms with Crippen LogP contribution in [0.15, 0.2) is 53.9 Å². The van der Waals surface area contributed by atoms with E-state index in [2.05, 4.69) is 25.5 Å². The van der Waals surface area contributed by atoms with E-state index in [1.54, 1.807) is 36.5 Å². The maximum atomic E-state index is 12.3. The molecule has 8 nitrogen and oxygen atoms in total. The van der Waals surface area contributed by atoms with Crippen LogP contribution in [-0.2, 0) is 14.6 Å². The summed E-state index contributed by atoms with van der Waals surface area (Å²) < 4.78 is 24.6. The van der Waals surface area contributed by atoms with Gasteiger partial charge in [0.05, 0.1) is 0 Å². The van der Waals surface area contributed by atoms with Crippen LogP contribution in [-0.4, -0.2) is 40.2 Å². The van der Waals surface area contributed by atoms with Gasteiger partial charge >= 0.3 is 0 Å². The van der Waals surface area contributed by atoms with Crippen molar-refractivity contribution < 1.29 is 13.2 Å². The predicted octanol–water partition coefficient (Wildman–Crippen LogP) is 1.93. The molecule has 0 bridgehead atoms. The van der Waals surface area contributed by atoms with Gasteiger partial charge in [0.25, 0.3) is 0 Å². The third-order valence-electron chi connectivity index (χ3n) is 3.11. The van der Waals surface area contributed by atoms with Gasteiger partial charge in [-0.05, 0) is 30.3 Å². The minimum Gasteiger partial charge on any atom is -0.325 e. The second-order valence-corrected chi connectivity index (χ2v) is 7.36. The van der Waals surface area contributed by atoms with Crippen molar-refractivity contribution in [2.75, 3.05) is 11.1 Å². The molecule has 128 valence electrons. The topological polar surface area (TPSA) is 118 Å². The van der Waals surface area contributed by atoms with Crippen LogP contribution in [0.5, 0.6) is 0 Å². The standard InChI is InChI=1S/C15H12ClN5O3S/c16-11-4-1-5-12(7-11)18-13(22)9-25(23,24)15-19-14(20-21-15)10-3-2-6-17-8-10/h1-8H,9H2,(H,18,22)(H,19,20,21). The first-order chi connectivity index (χ1) is 11.9. The molecule has 0 spiro atoms. The van der Waals surface area contributed by atoms with Gasteiger partial charge in [-0.3, -0.25) is 9.78 Å². The number of nitrogens with zero attached hydrogens (tertiary/aromatic N) is 3. The molecule has 2 N–H and O–H groups in total. The summed E-state index contributed by atoms with van der Waals surface area (Å²) >= 11 is 5.82. The third kappa shape index (κ3) is 4.20. The summed E-state index contributed by atoms with van der Waals surface area (Å²) in [6.07, 6.45) is 3.08. The highest BCUT2D eigenvalue weighted by Gasteiger charge is 2.24. The Balaban J connectivity index is 1.74. The highest BCUT2D eigenvalue weighted by molar-refractivity contribution is 7.92. The largest absolute Gasteiger partial charge is 0.325 e. The number of hydrogen-bond donors (Lipinski definition) is 2. The molecule has 1 aromatic carbocycles. The molecule has 0 saturated carbocycles. The fourth-order valence-electron chi connectivity index (χ4n) is 2.01. The molecule has 0 radical (unpaired) electrons. The number of sulfone groups is 1. The fourth-order valence-corrected chi connectivity index (χ4v) is 3.17. The van der Waals surface area contributed by atoms with Crippen molar-refractivity contribution in [2.24, 2.45) is 0 Å². The molecule has 3 rings (SSSR count). The third-order valence-corrected chi connectivity index (χ3v) is 4.76. The number of amides is 1. The van der Waals surface area contributed by atoms with Crippen molar-refractivity contribution in [1.29, 1.82) is 0 Å². The average Bonchev–Trinajstić information content (AvgIpc) is 3.06. The van der Waals surface area contributed by atoms with E-state index < -0.39 is 21.5 Å². The van der Waals surface area contributed by atoms with Gasteiger partial charge in [-0.15, -0.1) is 0 Å². The minimum absolute atomic E-state index is 0.182. The maximum absolute atomic E-state index is 12.3. The van der Waals surface area contributed by atoms with Crippen molar-refractivity contribution >= 4 is 33.0 Å². The first-order valence-electron chi connectivity index (χ1n) is 7.05. The van der Waals surface area contributed by atoms with Crippen LogP contribution in [0.2, 0.25) is 5.02 Å². The van der Waals surface area contributed by atoms with Gasteiger partial charge < -0.3 is 5.32 Å². The number of nitrogens with one attached hydrogen (secondary N) is 2. The van der Waals surface area contributed by atoms with Gasteiger partial charge in [0.2, 0.25) is 20.9 Å². The minimum atomic E-state index is -3.97. The fraction of sp³-hybridized carbons (Fsp3) is 0.0667. The summed E-state index contributed by atoms with van der Waals surface area (Å²) in [6, 6.07) is 9.77. The van der Waals surface area contributed by atoms with Gasteiger partial charge in [0.1, 0.15) is 5.75 Å². The van der Waals surface area contributed by atoms with Crippen LogP contribution in [0.25, 0.3) is 11.4 Å². The lowest BCUT2D eigenvalue weighted by Crippen LogP contribution is -2.23. The molecule has 0 fully saturated rings. The first-order valence-corrected chi connectivity index (χ1v) is 9.08. The normalized spacial score (nSPS) is 11.2. The van der Waals surface area contributed by atoms with Gasteiger partial charge in [-0.25, -0.2) is 13.5 Å². The summed E-state index contributed by atoms with van der Waals surface area (Å²) in [6.45, 7) is 0. The van der Waals surface area contributed by atoms with Gasteiger partial charge in [0.15, 0.2) is 5.82 Å². The Kier molecular flexibility index (Phi) is 4.77. The maximum Gasteiger partial charge on any atom is 0.244 e. The van der Waals surface area contributed by atoms with Crippen LogP contribution >= 0.6 is 11.6 Å². The zero-order chi connectivity index (χ0) is 17.9. The zero-order valence-electron chi connectivity index (χ0n) is 12.7. The average molecular weight is 378 g/mol. The van der Waals surface area contributed by atoms with E-state index in [0.29, 0.717) is 16.3 Å². The predicted molar refractivity (Wildman–Crippen MR) is 91.7 cm³/mol. The van der Waals surface area contributed by atoms with Crippen LogP contribution in [0.3, 0.4) is 0 Å². The van der Waals surface area contributed by atoms with Crippen molar-refractivity contribution in [2.45, 2.75) is 5.16 Å². The molecule has 0 unspecified atom stereocenters. The van der Waals surface area contributed by atoms with Crippen LogP contribution in [0.4, 0.5) is 5.69 Å². The number of pyridine rings is 1. The highest BCUT2D eigenvalue weighted by atomic mass is 35.5. The number of rotatable bonds is 5. The van der Waals surface area contributed by atoms with E-state index in [-0.39, 0.29) is 11.0 Å². The second-order valence-electron chi connectivity index (χ2n) is 5.02. The van der Waals surface area contributed by atoms with Crippen LogP contribution in [0.1, 0.15) is 0 Å². The summed E-state index contributed by atoms with van der Waals surface area (Å²) in [7, 11) is -3.97. The summed E-state index contributed by atoms with van der Waals surface area (Å²) in [5.41, 5.74) is 0.963. The lowest BCUT2D eigenvalue weighted by atomic mass is 10.3. The van der Waals surface area contributed by atoms with Crippen molar-refractivity contribution in [3.63, 3.8) is 0 Å². The van der Waals surface area contributed by atoms with Crippen molar-refractivity contribution in [3.05, 3.63) is 53.8 Å². The number of benzene rings is 1. The molecule has 0 atom stereocenters. The summed E-state index contributed by atoms with van der Waals surface area (Å²) in [4.78, 5) is 19.8. The van der Waals surface area contributed by atoms with Crippen LogP contribution in [0, 0.1) is 0 Å². The lowest BCUT2D eigenvalue weighted by molar-refractivity contribution is -0.113. The smallest absolute Gasteiger partial charge is 0.244 e. The number of hydrogen-bond acceptors (Lipinski definition) is 6. The molecule has 2 heterocycles. The van der Waals surface area contributed by atoms with E-state index in [1.807, 2.05) is 0 Å². The Bertz CT molecular complexity index is 1000. The summed E-state index contributed by atoms with van der Waals surface area (Å²) in [5, 5.41) is 8.71. The molecule has 1 amide bonds. The Hall–Kier alpha value is -2.78. The molecule has 2 aromatic heterocycles. The first kappa shape index (κ1) is 17.1. The number of aromatic amines is 1. The van der Waals surface area contributed by atoms with Gasteiger partial charge in [-0.1, -0.05) is 17.7 Å². The molecule has 0 saturated heterocycles. The van der Waals surface area contributed by atoms with E-state index >= 15 is 0 Å². The van der Waals surface area contributed by atoms with E-state index in [1.165, 1.54) is 12.3 Å². The van der Waals surface area contributed by atoms with Crippen LogP contribution < -0.4 is 5.32 Å². The summed E-state index contributed by atoms with van der Waals surface area (Å²) in [5.74, 6) is -1.30. The lowest BCUT2D eigenvalue weighted by Gasteiger charge is -2.05. The Morgan fingerprint density at radius 2 is 2.08 bits per heavy atom. The highest BCUT2D eigenvalue weighted by Crippen LogP contribution is 2.17. The molecular formula is C15H12ClN5O3S. The van der Waals surface area contributed by atoms with Crippen molar-refractivity contribution in [3.8, 4) is 11.4 Å². The van der Waals surface area contributed by atoms with Gasteiger partial charge in [0, 0.05) is 28.7 Å². The Morgan fingerprint density at radius 1 is 1.24 bits per heavy atom.